The van der Waals surface area contributed by atoms with Crippen molar-refractivity contribution in [2.75, 3.05) is 6.54 Å². The van der Waals surface area contributed by atoms with Crippen LogP contribution in [0.3, 0.4) is 0 Å². The van der Waals surface area contributed by atoms with Crippen LogP contribution in [0.2, 0.25) is 0 Å². The van der Waals surface area contributed by atoms with E-state index in [0.29, 0.717) is 18.0 Å². The molecule has 5 nitrogen and oxygen atoms in total. The Bertz CT molecular complexity index is 1150. The van der Waals surface area contributed by atoms with Crippen molar-refractivity contribution in [3.63, 3.8) is 0 Å². The van der Waals surface area contributed by atoms with Gasteiger partial charge in [-0.25, -0.2) is 4.68 Å². The zero-order valence-corrected chi connectivity index (χ0v) is 17.9. The first kappa shape index (κ1) is 21.3. The van der Waals surface area contributed by atoms with Crippen LogP contribution >= 0.6 is 0 Å². The fourth-order valence-electron chi connectivity index (χ4n) is 3.63. The Labute approximate surface area is 188 Å². The molecule has 0 fully saturated rings. The lowest BCUT2D eigenvalue weighted by molar-refractivity contribution is 0.0952. The summed E-state index contributed by atoms with van der Waals surface area (Å²) < 4.78 is 1.76. The first-order valence-corrected chi connectivity index (χ1v) is 11.0. The lowest BCUT2D eigenvalue weighted by Gasteiger charge is -2.11. The van der Waals surface area contributed by atoms with Crippen LogP contribution in [0.4, 0.5) is 0 Å². The Morgan fingerprint density at radius 2 is 2.03 bits per heavy atom. The number of benzene rings is 2. The van der Waals surface area contributed by atoms with E-state index in [9.17, 15) is 4.79 Å². The fraction of sp³-hybridized carbons (Fsp3) is 0.222. The molecule has 1 N–H and O–H groups in total. The predicted octanol–water partition coefficient (Wildman–Crippen LogP) is 4.78. The second-order valence-corrected chi connectivity index (χ2v) is 7.72. The van der Waals surface area contributed by atoms with E-state index in [1.807, 2.05) is 73.2 Å². The summed E-state index contributed by atoms with van der Waals surface area (Å²) in [5, 5.41) is 7.36. The van der Waals surface area contributed by atoms with Gasteiger partial charge in [0.05, 0.1) is 11.3 Å². The number of hydrogen-bond acceptors (Lipinski definition) is 3. The first-order chi connectivity index (χ1) is 15.8. The van der Waals surface area contributed by atoms with Gasteiger partial charge in [-0.15, -0.1) is 0 Å². The highest BCUT2D eigenvalue weighted by atomic mass is 16.1. The van der Waals surface area contributed by atoms with Gasteiger partial charge in [0.2, 0.25) is 0 Å². The molecule has 0 saturated carbocycles. The number of nitrogens with zero attached hydrogens (tertiary/aromatic N) is 3. The molecule has 4 rings (SSSR count). The Kier molecular flexibility index (Phi) is 7.28. The van der Waals surface area contributed by atoms with Gasteiger partial charge >= 0.3 is 0 Å². The van der Waals surface area contributed by atoms with Gasteiger partial charge in [0.25, 0.3) is 5.91 Å². The maximum Gasteiger partial charge on any atom is 0.251 e. The number of hydrogen-bond donors (Lipinski definition) is 1. The Hall–Kier alpha value is -3.91. The summed E-state index contributed by atoms with van der Waals surface area (Å²) in [6, 6.07) is 17.2. The summed E-state index contributed by atoms with van der Waals surface area (Å²) in [6.45, 7) is 0.641. The molecule has 1 amide bonds. The standard InChI is InChI=1S/C27H26N4O/c32-27(29-17-6-11-23-10-4-5-16-28-21-23)25-14-15-26(31-19-7-18-30-31)24(20-25)13-12-22-8-2-1-3-9-22/h1-3,5,7-9,14-16,18-21,23H,4,6,10-11,17H2,(H,29,32). The Balaban J connectivity index is 1.44. The number of rotatable bonds is 6. The number of carbonyl (C=O) groups is 1. The average molecular weight is 423 g/mol. The smallest absolute Gasteiger partial charge is 0.251 e. The molecule has 2 heterocycles. The van der Waals surface area contributed by atoms with Gasteiger partial charge in [0.15, 0.2) is 0 Å². The molecule has 0 radical (unpaired) electrons. The normalized spacial score (nSPS) is 14.9. The predicted molar refractivity (Wildman–Crippen MR) is 128 cm³/mol. The molecule has 0 spiro atoms. The highest BCUT2D eigenvalue weighted by Gasteiger charge is 2.11. The molecule has 1 unspecified atom stereocenters. The van der Waals surface area contributed by atoms with E-state index < -0.39 is 0 Å². The van der Waals surface area contributed by atoms with E-state index in [-0.39, 0.29) is 5.91 Å². The van der Waals surface area contributed by atoms with Crippen LogP contribution in [0.25, 0.3) is 5.69 Å². The Morgan fingerprint density at radius 3 is 2.88 bits per heavy atom. The summed E-state index contributed by atoms with van der Waals surface area (Å²) in [4.78, 5) is 17.0. The van der Waals surface area contributed by atoms with Crippen molar-refractivity contribution < 1.29 is 4.79 Å². The highest BCUT2D eigenvalue weighted by Crippen LogP contribution is 2.17. The largest absolute Gasteiger partial charge is 0.352 e. The number of nitrogens with one attached hydrogen (secondary N) is 1. The molecular formula is C27H26N4O. The second-order valence-electron chi connectivity index (χ2n) is 7.72. The summed E-state index contributed by atoms with van der Waals surface area (Å²) >= 11 is 0. The zero-order valence-electron chi connectivity index (χ0n) is 17.9. The van der Waals surface area contributed by atoms with Crippen molar-refractivity contribution in [1.29, 1.82) is 0 Å². The van der Waals surface area contributed by atoms with E-state index >= 15 is 0 Å². The van der Waals surface area contributed by atoms with Gasteiger partial charge in [-0.2, -0.15) is 5.10 Å². The Morgan fingerprint density at radius 1 is 1.12 bits per heavy atom. The number of amides is 1. The number of aromatic nitrogens is 2. The van der Waals surface area contributed by atoms with Crippen LogP contribution in [0.15, 0.2) is 84.3 Å². The lowest BCUT2D eigenvalue weighted by atomic mass is 9.99. The van der Waals surface area contributed by atoms with Crippen molar-refractivity contribution in [2.24, 2.45) is 10.9 Å². The van der Waals surface area contributed by atoms with E-state index in [1.165, 1.54) is 0 Å². The summed E-state index contributed by atoms with van der Waals surface area (Å²) in [5.41, 5.74) is 3.12. The van der Waals surface area contributed by atoms with Crippen LogP contribution < -0.4 is 5.32 Å². The van der Waals surface area contributed by atoms with Crippen molar-refractivity contribution in [3.05, 3.63) is 96.0 Å². The van der Waals surface area contributed by atoms with Crippen molar-refractivity contribution in [3.8, 4) is 17.5 Å². The molecule has 160 valence electrons. The number of allylic oxidation sites excluding steroid dienone is 1. The van der Waals surface area contributed by atoms with Gasteiger partial charge in [-0.05, 0) is 68.0 Å². The van der Waals surface area contributed by atoms with Crippen LogP contribution in [-0.2, 0) is 0 Å². The van der Waals surface area contributed by atoms with Gasteiger partial charge in [0, 0.05) is 42.5 Å². The lowest BCUT2D eigenvalue weighted by Crippen LogP contribution is -2.25. The molecule has 0 bridgehead atoms. The molecule has 0 aliphatic carbocycles. The minimum absolute atomic E-state index is 0.0871. The third kappa shape index (κ3) is 5.83. The van der Waals surface area contributed by atoms with Crippen molar-refractivity contribution in [1.82, 2.24) is 15.1 Å². The third-order valence-electron chi connectivity index (χ3n) is 5.35. The SMILES string of the molecule is O=C(NCCCC1C=NC=CCC1)c1ccc(-n2cccn2)c(C#Cc2ccccc2)c1. The van der Waals surface area contributed by atoms with Gasteiger partial charge in [-0.3, -0.25) is 9.79 Å². The van der Waals surface area contributed by atoms with E-state index in [1.54, 1.807) is 10.9 Å². The van der Waals surface area contributed by atoms with Gasteiger partial charge in [-0.1, -0.05) is 36.1 Å². The molecule has 1 aliphatic rings. The quantitative estimate of drug-likeness (QED) is 0.459. The maximum atomic E-state index is 12.8. The fourth-order valence-corrected chi connectivity index (χ4v) is 3.63. The van der Waals surface area contributed by atoms with Crippen molar-refractivity contribution in [2.45, 2.75) is 25.7 Å². The molecular weight excluding hydrogens is 396 g/mol. The first-order valence-electron chi connectivity index (χ1n) is 11.0. The second kappa shape index (κ2) is 10.9. The molecule has 3 aromatic rings. The van der Waals surface area contributed by atoms with E-state index in [4.69, 9.17) is 0 Å². The molecule has 32 heavy (non-hydrogen) atoms. The average Bonchev–Trinajstić information content (AvgIpc) is 3.24. The number of aliphatic imine (C=N–C) groups is 1. The summed E-state index contributed by atoms with van der Waals surface area (Å²) in [5.74, 6) is 6.80. The summed E-state index contributed by atoms with van der Waals surface area (Å²) in [6.07, 6.45) is 13.7. The molecule has 2 aromatic carbocycles. The van der Waals surface area contributed by atoms with Crippen LogP contribution in [0.1, 0.15) is 47.2 Å². The molecule has 0 saturated heterocycles. The van der Waals surface area contributed by atoms with Gasteiger partial charge < -0.3 is 5.32 Å². The monoisotopic (exact) mass is 422 g/mol. The number of carbonyl (C=O) groups excluding carboxylic acids is 1. The van der Waals surface area contributed by atoms with Gasteiger partial charge in [0.1, 0.15) is 0 Å². The molecule has 1 aliphatic heterocycles. The zero-order chi connectivity index (χ0) is 22.0. The van der Waals surface area contributed by atoms with Crippen LogP contribution in [-0.4, -0.2) is 28.4 Å². The van der Waals surface area contributed by atoms with E-state index in [2.05, 4.69) is 33.3 Å². The van der Waals surface area contributed by atoms with Crippen LogP contribution in [0.5, 0.6) is 0 Å². The van der Waals surface area contributed by atoms with Crippen molar-refractivity contribution >= 4 is 12.1 Å². The highest BCUT2D eigenvalue weighted by molar-refractivity contribution is 5.95. The molecule has 5 heteroatoms. The maximum absolute atomic E-state index is 12.8. The molecule has 1 aromatic heterocycles. The minimum Gasteiger partial charge on any atom is -0.352 e. The third-order valence-corrected chi connectivity index (χ3v) is 5.35. The van der Waals surface area contributed by atoms with E-state index in [0.717, 1.165) is 42.5 Å². The molecule has 1 atom stereocenters. The van der Waals surface area contributed by atoms with Crippen LogP contribution in [0, 0.1) is 17.8 Å². The topological polar surface area (TPSA) is 59.3 Å². The minimum atomic E-state index is -0.0871. The summed E-state index contributed by atoms with van der Waals surface area (Å²) in [7, 11) is 0.